The normalized spacial score (nSPS) is 24.0. The smallest absolute Gasteiger partial charge is 0.221 e. The van der Waals surface area contributed by atoms with Crippen molar-refractivity contribution in [1.82, 2.24) is 9.88 Å². The molecule has 2 N–H and O–H groups in total. The van der Waals surface area contributed by atoms with Gasteiger partial charge in [-0.3, -0.25) is 9.69 Å². The maximum atomic E-state index is 11.3. The summed E-state index contributed by atoms with van der Waals surface area (Å²) < 4.78 is 0. The first-order chi connectivity index (χ1) is 11.7. The zero-order valence-corrected chi connectivity index (χ0v) is 14.6. The molecule has 0 radical (unpaired) electrons. The number of nitrogens with zero attached hydrogens (tertiary/aromatic N) is 2. The summed E-state index contributed by atoms with van der Waals surface area (Å²) >= 11 is 1.86. The van der Waals surface area contributed by atoms with Gasteiger partial charge >= 0.3 is 0 Å². The van der Waals surface area contributed by atoms with Crippen LogP contribution in [0, 0.1) is 5.92 Å². The second-order valence-electron chi connectivity index (χ2n) is 6.95. The number of aryl methyl sites for hydroxylation is 1. The maximum Gasteiger partial charge on any atom is 0.221 e. The summed E-state index contributed by atoms with van der Waals surface area (Å²) in [5.41, 5.74) is 8.17. The standard InChI is InChI=1S/C19H23N3OS/c20-19(23)15-8-9-22(11-15)12-18-21-16-7-6-14(10-17(16)24-18)13-4-2-1-3-5-13/h1-5,14-15H,6-12H2,(H2,20,23)/t14-,15-/m1/s1. The molecule has 1 aromatic heterocycles. The molecule has 1 amide bonds. The molecule has 2 aromatic rings. The van der Waals surface area contributed by atoms with Crippen LogP contribution in [0.2, 0.25) is 0 Å². The van der Waals surface area contributed by atoms with Crippen molar-refractivity contribution in [1.29, 1.82) is 0 Å². The topological polar surface area (TPSA) is 59.2 Å². The number of rotatable bonds is 4. The van der Waals surface area contributed by atoms with E-state index in [1.54, 1.807) is 0 Å². The van der Waals surface area contributed by atoms with E-state index >= 15 is 0 Å². The zero-order chi connectivity index (χ0) is 16.5. The summed E-state index contributed by atoms with van der Waals surface area (Å²) in [7, 11) is 0. The Morgan fingerprint density at radius 2 is 2.12 bits per heavy atom. The fourth-order valence-corrected chi connectivity index (χ4v) is 5.14. The zero-order valence-electron chi connectivity index (χ0n) is 13.8. The number of primary amides is 1. The molecular formula is C19H23N3OS. The van der Waals surface area contributed by atoms with Gasteiger partial charge in [0, 0.05) is 11.4 Å². The Balaban J connectivity index is 1.43. The van der Waals surface area contributed by atoms with Crippen LogP contribution in [-0.2, 0) is 24.2 Å². The molecule has 1 aromatic carbocycles. The second kappa shape index (κ2) is 6.65. The second-order valence-corrected chi connectivity index (χ2v) is 8.12. The van der Waals surface area contributed by atoms with Gasteiger partial charge in [-0.25, -0.2) is 4.98 Å². The minimum atomic E-state index is -0.165. The summed E-state index contributed by atoms with van der Waals surface area (Å²) in [5.74, 6) is 0.474. The summed E-state index contributed by atoms with van der Waals surface area (Å²) in [5, 5.41) is 1.19. The van der Waals surface area contributed by atoms with E-state index in [9.17, 15) is 4.79 Å². The van der Waals surface area contributed by atoms with Gasteiger partial charge in [-0.1, -0.05) is 30.3 Å². The van der Waals surface area contributed by atoms with Crippen LogP contribution in [0.5, 0.6) is 0 Å². The van der Waals surface area contributed by atoms with E-state index in [-0.39, 0.29) is 11.8 Å². The molecule has 0 spiro atoms. The van der Waals surface area contributed by atoms with Crippen LogP contribution in [0.1, 0.15) is 39.9 Å². The highest BCUT2D eigenvalue weighted by molar-refractivity contribution is 7.11. The molecule has 0 saturated carbocycles. The Morgan fingerprint density at radius 1 is 1.29 bits per heavy atom. The van der Waals surface area contributed by atoms with Gasteiger partial charge in [-0.15, -0.1) is 11.3 Å². The number of amides is 1. The number of thiazole rings is 1. The van der Waals surface area contributed by atoms with Gasteiger partial charge in [0.1, 0.15) is 5.01 Å². The lowest BCUT2D eigenvalue weighted by Crippen LogP contribution is -2.27. The summed E-state index contributed by atoms with van der Waals surface area (Å²) in [6.45, 7) is 2.59. The molecule has 4 rings (SSSR count). The molecule has 2 aliphatic rings. The lowest BCUT2D eigenvalue weighted by Gasteiger charge is -2.21. The molecule has 1 saturated heterocycles. The first kappa shape index (κ1) is 15.8. The predicted octanol–water partition coefficient (Wildman–Crippen LogP) is 2.72. The van der Waals surface area contributed by atoms with Gasteiger partial charge < -0.3 is 5.73 Å². The molecular weight excluding hydrogens is 318 g/mol. The number of fused-ring (bicyclic) bond motifs is 1. The minimum absolute atomic E-state index is 0.0158. The number of aromatic nitrogens is 1. The van der Waals surface area contributed by atoms with Crippen molar-refractivity contribution in [2.75, 3.05) is 13.1 Å². The van der Waals surface area contributed by atoms with E-state index in [4.69, 9.17) is 10.7 Å². The Morgan fingerprint density at radius 3 is 2.88 bits per heavy atom. The third-order valence-corrected chi connectivity index (χ3v) is 6.39. The first-order valence-electron chi connectivity index (χ1n) is 8.73. The number of hydrogen-bond acceptors (Lipinski definition) is 4. The number of carbonyl (C=O) groups is 1. The monoisotopic (exact) mass is 341 g/mol. The van der Waals surface area contributed by atoms with E-state index < -0.39 is 0 Å². The first-order valence-corrected chi connectivity index (χ1v) is 9.55. The Labute approximate surface area is 146 Å². The molecule has 1 aliphatic carbocycles. The highest BCUT2D eigenvalue weighted by Gasteiger charge is 2.28. The number of likely N-dealkylation sites (tertiary alicyclic amines) is 1. The van der Waals surface area contributed by atoms with Crippen LogP contribution in [0.25, 0.3) is 0 Å². The van der Waals surface area contributed by atoms with E-state index in [1.807, 2.05) is 11.3 Å². The summed E-state index contributed by atoms with van der Waals surface area (Å²) in [4.78, 5) is 20.0. The van der Waals surface area contributed by atoms with Gasteiger partial charge in [0.15, 0.2) is 0 Å². The molecule has 2 heterocycles. The Bertz CT molecular complexity index is 727. The van der Waals surface area contributed by atoms with Crippen LogP contribution in [0.3, 0.4) is 0 Å². The predicted molar refractivity (Wildman–Crippen MR) is 95.9 cm³/mol. The maximum absolute atomic E-state index is 11.3. The SMILES string of the molecule is NC(=O)[C@@H]1CCN(Cc2nc3c(s2)C[C@H](c2ccccc2)CC3)C1. The molecule has 5 heteroatoms. The molecule has 24 heavy (non-hydrogen) atoms. The van der Waals surface area contributed by atoms with Crippen molar-refractivity contribution < 1.29 is 4.79 Å². The number of carbonyl (C=O) groups excluding carboxylic acids is 1. The Kier molecular flexibility index (Phi) is 4.37. The highest BCUT2D eigenvalue weighted by atomic mass is 32.1. The van der Waals surface area contributed by atoms with E-state index in [2.05, 4.69) is 35.2 Å². The fourth-order valence-electron chi connectivity index (χ4n) is 3.91. The average Bonchev–Trinajstić information content (AvgIpc) is 3.21. The van der Waals surface area contributed by atoms with Crippen LogP contribution >= 0.6 is 11.3 Å². The van der Waals surface area contributed by atoms with E-state index in [1.165, 1.54) is 27.6 Å². The van der Waals surface area contributed by atoms with Crippen molar-refractivity contribution in [2.24, 2.45) is 11.7 Å². The third kappa shape index (κ3) is 3.23. The summed E-state index contributed by atoms with van der Waals surface area (Å²) in [6.07, 6.45) is 4.26. The number of benzene rings is 1. The van der Waals surface area contributed by atoms with E-state index in [0.29, 0.717) is 5.92 Å². The lowest BCUT2D eigenvalue weighted by molar-refractivity contribution is -0.121. The van der Waals surface area contributed by atoms with Gasteiger partial charge in [0.2, 0.25) is 5.91 Å². The lowest BCUT2D eigenvalue weighted by atomic mass is 9.85. The number of hydrogen-bond donors (Lipinski definition) is 1. The van der Waals surface area contributed by atoms with Crippen LogP contribution in [0.15, 0.2) is 30.3 Å². The molecule has 2 atom stereocenters. The fraction of sp³-hybridized carbons (Fsp3) is 0.474. The van der Waals surface area contributed by atoms with Crippen molar-refractivity contribution in [3.8, 4) is 0 Å². The summed E-state index contributed by atoms with van der Waals surface area (Å²) in [6, 6.07) is 10.8. The molecule has 126 valence electrons. The minimum Gasteiger partial charge on any atom is -0.369 e. The van der Waals surface area contributed by atoms with Gasteiger partial charge in [0.25, 0.3) is 0 Å². The largest absolute Gasteiger partial charge is 0.369 e. The van der Waals surface area contributed by atoms with Crippen molar-refractivity contribution in [3.05, 3.63) is 51.5 Å². The average molecular weight is 341 g/mol. The van der Waals surface area contributed by atoms with Crippen molar-refractivity contribution >= 4 is 17.2 Å². The van der Waals surface area contributed by atoms with Gasteiger partial charge in [-0.05, 0) is 43.7 Å². The van der Waals surface area contributed by atoms with Gasteiger partial charge in [-0.2, -0.15) is 0 Å². The van der Waals surface area contributed by atoms with Crippen molar-refractivity contribution in [3.63, 3.8) is 0 Å². The molecule has 0 bridgehead atoms. The highest BCUT2D eigenvalue weighted by Crippen LogP contribution is 2.36. The van der Waals surface area contributed by atoms with Crippen LogP contribution in [0.4, 0.5) is 0 Å². The van der Waals surface area contributed by atoms with Crippen molar-refractivity contribution in [2.45, 2.75) is 38.1 Å². The molecule has 0 unspecified atom stereocenters. The molecule has 4 nitrogen and oxygen atoms in total. The van der Waals surface area contributed by atoms with E-state index in [0.717, 1.165) is 38.9 Å². The van der Waals surface area contributed by atoms with Gasteiger partial charge in [0.05, 0.1) is 18.2 Å². The number of nitrogens with two attached hydrogens (primary N) is 1. The van der Waals surface area contributed by atoms with Crippen LogP contribution < -0.4 is 5.73 Å². The Hall–Kier alpha value is -1.72. The van der Waals surface area contributed by atoms with Crippen LogP contribution in [-0.4, -0.2) is 28.9 Å². The molecule has 1 aliphatic heterocycles. The molecule has 1 fully saturated rings. The third-order valence-electron chi connectivity index (χ3n) is 5.29. The quantitative estimate of drug-likeness (QED) is 0.930.